The molecule has 0 aliphatic carbocycles. The maximum absolute atomic E-state index is 5.46. The van der Waals surface area contributed by atoms with Gasteiger partial charge in [-0.05, 0) is 6.42 Å². The minimum absolute atomic E-state index is 0.842. The van der Waals surface area contributed by atoms with Crippen LogP contribution in [0.4, 0.5) is 0 Å². The lowest BCUT2D eigenvalue weighted by Gasteiger charge is -1.91. The van der Waals surface area contributed by atoms with Crippen molar-refractivity contribution in [3.63, 3.8) is 0 Å². The predicted octanol–water partition coefficient (Wildman–Crippen LogP) is 3.88. The fourth-order valence-electron chi connectivity index (χ4n) is 0.525. The normalized spacial score (nSPS) is 10.2. The van der Waals surface area contributed by atoms with Gasteiger partial charge in [0.1, 0.15) is 6.42 Å². The Morgan fingerprint density at radius 2 is 2.00 bits per heavy atom. The van der Waals surface area contributed by atoms with Gasteiger partial charge >= 0.3 is 0 Å². The SMILES string of the molecule is CCCCCN=[PH](Cl)Cl. The van der Waals surface area contributed by atoms with E-state index >= 15 is 0 Å². The predicted molar refractivity (Wildman–Crippen MR) is 46.8 cm³/mol. The van der Waals surface area contributed by atoms with Gasteiger partial charge in [0.15, 0.2) is 0 Å². The molecule has 4 heteroatoms. The van der Waals surface area contributed by atoms with Crippen LogP contribution >= 0.6 is 28.9 Å². The first kappa shape index (κ1) is 9.81. The molecule has 0 bridgehead atoms. The molecule has 0 aliphatic rings. The van der Waals surface area contributed by atoms with Crippen molar-refractivity contribution in [1.29, 1.82) is 0 Å². The van der Waals surface area contributed by atoms with E-state index in [1.54, 1.807) is 0 Å². The van der Waals surface area contributed by atoms with Gasteiger partial charge in [-0.2, -0.15) is 0 Å². The summed E-state index contributed by atoms with van der Waals surface area (Å²) in [5, 5.41) is 0. The smallest absolute Gasteiger partial charge is 0.125 e. The Kier molecular flexibility index (Phi) is 7.55. The molecule has 0 rings (SSSR count). The summed E-state index contributed by atoms with van der Waals surface area (Å²) >= 11 is 10.9. The molecule has 0 saturated heterocycles. The number of nitrogens with zero attached hydrogens (tertiary/aromatic N) is 1. The Morgan fingerprint density at radius 3 is 2.44 bits per heavy atom. The monoisotopic (exact) mass is 187 g/mol. The number of hydrogen-bond acceptors (Lipinski definition) is 1. The Morgan fingerprint density at radius 1 is 1.33 bits per heavy atom. The number of unbranched alkanes of at least 4 members (excludes halogenated alkanes) is 2. The first-order valence-corrected chi connectivity index (χ1v) is 6.60. The van der Waals surface area contributed by atoms with Crippen LogP contribution in [0.3, 0.4) is 0 Å². The fraction of sp³-hybridized carbons (Fsp3) is 1.00. The topological polar surface area (TPSA) is 12.4 Å². The highest BCUT2D eigenvalue weighted by Crippen LogP contribution is 2.36. The van der Waals surface area contributed by atoms with Crippen molar-refractivity contribution in [2.45, 2.75) is 26.2 Å². The molecule has 0 radical (unpaired) electrons. The average Bonchev–Trinajstić information content (AvgIpc) is 1.80. The third-order valence-corrected chi connectivity index (χ3v) is 2.17. The van der Waals surface area contributed by atoms with Gasteiger partial charge in [0.2, 0.25) is 0 Å². The zero-order valence-electron chi connectivity index (χ0n) is 5.53. The largest absolute Gasteiger partial charge is 0.276 e. The summed E-state index contributed by atoms with van der Waals surface area (Å²) in [5.74, 6) is 0. The van der Waals surface area contributed by atoms with Crippen LogP contribution in [-0.4, -0.2) is 6.54 Å². The Labute approximate surface area is 66.8 Å². The molecule has 0 unspecified atom stereocenters. The van der Waals surface area contributed by atoms with E-state index in [1.807, 2.05) is 0 Å². The zero-order valence-corrected chi connectivity index (χ0v) is 8.04. The number of hydrogen-bond donors (Lipinski definition) is 0. The minimum Gasteiger partial charge on any atom is -0.276 e. The summed E-state index contributed by atoms with van der Waals surface area (Å²) in [5.41, 5.74) is 0. The van der Waals surface area contributed by atoms with E-state index in [4.69, 9.17) is 22.5 Å². The van der Waals surface area contributed by atoms with Gasteiger partial charge in [-0.15, -0.1) is 0 Å². The summed E-state index contributed by atoms with van der Waals surface area (Å²) in [6, 6.07) is 0. The van der Waals surface area contributed by atoms with Crippen molar-refractivity contribution in [2.75, 3.05) is 6.54 Å². The molecular formula is C5H12Cl2NP. The standard InChI is InChI=1S/C5H12Cl2NP/c1-2-3-4-5-8-9(6)7/h9H,2-5H2,1H3. The van der Waals surface area contributed by atoms with Gasteiger partial charge < -0.3 is 0 Å². The van der Waals surface area contributed by atoms with Crippen molar-refractivity contribution >= 4 is 28.9 Å². The molecule has 0 aromatic rings. The van der Waals surface area contributed by atoms with Crippen LogP contribution < -0.4 is 0 Å². The van der Waals surface area contributed by atoms with Crippen molar-refractivity contribution < 1.29 is 0 Å². The Hall–Kier alpha value is 0.810. The molecule has 0 saturated carbocycles. The minimum atomic E-state index is -1.35. The maximum atomic E-state index is 5.46. The molecule has 9 heavy (non-hydrogen) atoms. The second-order valence-electron chi connectivity index (χ2n) is 1.83. The second-order valence-corrected chi connectivity index (χ2v) is 5.35. The molecule has 0 atom stereocenters. The number of halogens is 2. The van der Waals surface area contributed by atoms with E-state index in [9.17, 15) is 0 Å². The molecule has 0 aromatic carbocycles. The van der Waals surface area contributed by atoms with Gasteiger partial charge in [0, 0.05) is 6.54 Å². The van der Waals surface area contributed by atoms with Gasteiger partial charge in [-0.25, -0.2) is 0 Å². The Bertz CT molecular complexity index is 91.0. The van der Waals surface area contributed by atoms with E-state index in [0.717, 1.165) is 13.0 Å². The van der Waals surface area contributed by atoms with Gasteiger partial charge in [-0.3, -0.25) is 4.74 Å². The lowest BCUT2D eigenvalue weighted by Crippen LogP contribution is -1.76. The van der Waals surface area contributed by atoms with Crippen LogP contribution in [0, 0.1) is 0 Å². The van der Waals surface area contributed by atoms with Crippen LogP contribution in [0.2, 0.25) is 0 Å². The molecular weight excluding hydrogens is 176 g/mol. The van der Waals surface area contributed by atoms with E-state index in [2.05, 4.69) is 11.7 Å². The summed E-state index contributed by atoms with van der Waals surface area (Å²) in [7, 11) is 0. The van der Waals surface area contributed by atoms with E-state index < -0.39 is 6.42 Å². The summed E-state index contributed by atoms with van der Waals surface area (Å²) in [6.45, 7) is 3.00. The van der Waals surface area contributed by atoms with Gasteiger partial charge in [0.25, 0.3) is 0 Å². The lowest BCUT2D eigenvalue weighted by atomic mass is 10.3. The van der Waals surface area contributed by atoms with Crippen LogP contribution in [0.15, 0.2) is 4.74 Å². The highest BCUT2D eigenvalue weighted by molar-refractivity contribution is 7.96. The average molecular weight is 188 g/mol. The molecule has 0 spiro atoms. The molecule has 0 fully saturated rings. The Balaban J connectivity index is 3.00. The second kappa shape index (κ2) is 6.92. The lowest BCUT2D eigenvalue weighted by molar-refractivity contribution is 0.732. The molecule has 0 aliphatic heterocycles. The maximum Gasteiger partial charge on any atom is 0.125 e. The van der Waals surface area contributed by atoms with Crippen LogP contribution in [0.1, 0.15) is 26.2 Å². The van der Waals surface area contributed by atoms with E-state index in [1.165, 1.54) is 12.8 Å². The quantitative estimate of drug-likeness (QED) is 0.468. The molecule has 56 valence electrons. The van der Waals surface area contributed by atoms with Crippen molar-refractivity contribution in [3.05, 3.63) is 0 Å². The molecule has 0 N–H and O–H groups in total. The van der Waals surface area contributed by atoms with Gasteiger partial charge in [-0.1, -0.05) is 42.2 Å². The summed E-state index contributed by atoms with van der Waals surface area (Å²) in [6.07, 6.45) is 2.24. The van der Waals surface area contributed by atoms with E-state index in [-0.39, 0.29) is 0 Å². The number of rotatable bonds is 4. The van der Waals surface area contributed by atoms with Crippen LogP contribution in [0.25, 0.3) is 0 Å². The van der Waals surface area contributed by atoms with Crippen molar-refractivity contribution in [3.8, 4) is 0 Å². The highest BCUT2D eigenvalue weighted by atomic mass is 35.9. The molecule has 1 nitrogen and oxygen atoms in total. The highest BCUT2D eigenvalue weighted by Gasteiger charge is 1.83. The first-order valence-electron chi connectivity index (χ1n) is 3.12. The third kappa shape index (κ3) is 8.81. The van der Waals surface area contributed by atoms with E-state index in [0.29, 0.717) is 0 Å². The fourth-order valence-corrected chi connectivity index (χ4v) is 1.36. The first-order chi connectivity index (χ1) is 4.27. The zero-order chi connectivity index (χ0) is 7.11. The van der Waals surface area contributed by atoms with Crippen LogP contribution in [0.5, 0.6) is 0 Å². The molecule has 0 heterocycles. The van der Waals surface area contributed by atoms with Crippen molar-refractivity contribution in [2.24, 2.45) is 4.74 Å². The molecule has 0 amide bonds. The third-order valence-electron chi connectivity index (χ3n) is 0.993. The summed E-state index contributed by atoms with van der Waals surface area (Å²) in [4.78, 5) is 0. The summed E-state index contributed by atoms with van der Waals surface area (Å²) < 4.78 is 3.99. The van der Waals surface area contributed by atoms with Crippen molar-refractivity contribution in [1.82, 2.24) is 0 Å². The van der Waals surface area contributed by atoms with Crippen LogP contribution in [-0.2, 0) is 0 Å². The molecule has 0 aromatic heterocycles. The van der Waals surface area contributed by atoms with Gasteiger partial charge in [0.05, 0.1) is 0 Å².